The Morgan fingerprint density at radius 3 is 2.25 bits per heavy atom. The minimum absolute atomic E-state index is 0.00890. The number of rotatable bonds is 14. The van der Waals surface area contributed by atoms with Gasteiger partial charge < -0.3 is 19.7 Å². The van der Waals surface area contributed by atoms with Gasteiger partial charge in [-0.15, -0.1) is 0 Å². The van der Waals surface area contributed by atoms with E-state index in [1.807, 2.05) is 74.5 Å². The Bertz CT molecular complexity index is 1560. The van der Waals surface area contributed by atoms with E-state index in [0.717, 1.165) is 11.3 Å². The molecular weight excluding hydrogens is 576 g/mol. The zero-order chi connectivity index (χ0) is 31.5. The van der Waals surface area contributed by atoms with Crippen molar-refractivity contribution < 1.29 is 23.9 Å². The molecule has 1 atom stereocenters. The molecule has 0 aliphatic heterocycles. The van der Waals surface area contributed by atoms with Gasteiger partial charge in [0.05, 0.1) is 13.7 Å². The van der Waals surface area contributed by atoms with Gasteiger partial charge in [0.2, 0.25) is 5.91 Å². The normalized spacial score (nSPS) is 11.5. The Hall–Kier alpha value is -4.62. The van der Waals surface area contributed by atoms with Gasteiger partial charge in [0, 0.05) is 40.4 Å². The van der Waals surface area contributed by atoms with Crippen LogP contribution < -0.4 is 15.0 Å². The quantitative estimate of drug-likeness (QED) is 0.119. The van der Waals surface area contributed by atoms with Gasteiger partial charge >= 0.3 is 5.97 Å². The van der Waals surface area contributed by atoms with Crippen LogP contribution in [0.25, 0.3) is 0 Å². The topological polar surface area (TPSA) is 84.9 Å². The number of ketones is 1. The molecule has 0 fully saturated rings. The van der Waals surface area contributed by atoms with E-state index in [4.69, 9.17) is 21.1 Å². The standard InChI is InChI=1S/C36H37ClN2O5/c1-25(2)22-34(40)39(29-13-9-12-28(37)24-29)20-21-44-30-18-16-26(17-19-30)23-33(36(42)43-3)38-32-15-8-7-14-31(32)35(41)27-10-5-4-6-11-27/h4-19,24-25,33,38H,20-23H2,1-3H3. The summed E-state index contributed by atoms with van der Waals surface area (Å²) in [7, 11) is 1.34. The van der Waals surface area contributed by atoms with E-state index in [0.29, 0.717) is 47.0 Å². The van der Waals surface area contributed by atoms with Crippen molar-refractivity contribution in [2.24, 2.45) is 5.92 Å². The van der Waals surface area contributed by atoms with E-state index in [1.54, 1.807) is 47.4 Å². The van der Waals surface area contributed by atoms with Crippen molar-refractivity contribution in [1.29, 1.82) is 0 Å². The molecule has 4 aromatic rings. The third kappa shape index (κ3) is 8.94. The number of esters is 1. The molecule has 0 saturated carbocycles. The molecular formula is C36H37ClN2O5. The molecule has 7 nitrogen and oxygen atoms in total. The molecule has 0 aliphatic rings. The zero-order valence-corrected chi connectivity index (χ0v) is 25.9. The second-order valence-electron chi connectivity index (χ2n) is 10.8. The monoisotopic (exact) mass is 612 g/mol. The molecule has 0 bridgehead atoms. The minimum Gasteiger partial charge on any atom is -0.492 e. The smallest absolute Gasteiger partial charge is 0.328 e. The number of carbonyl (C=O) groups is 3. The summed E-state index contributed by atoms with van der Waals surface area (Å²) in [5.41, 5.74) is 3.19. The predicted molar refractivity (Wildman–Crippen MR) is 175 cm³/mol. The lowest BCUT2D eigenvalue weighted by atomic mass is 10.00. The summed E-state index contributed by atoms with van der Waals surface area (Å²) in [6, 6.07) is 30.1. The number of halogens is 1. The molecule has 0 spiro atoms. The number of benzene rings is 4. The molecule has 0 aromatic heterocycles. The highest BCUT2D eigenvalue weighted by Crippen LogP contribution is 2.24. The zero-order valence-electron chi connectivity index (χ0n) is 25.2. The Morgan fingerprint density at radius 1 is 0.864 bits per heavy atom. The first kappa shape index (κ1) is 32.3. The fourth-order valence-corrected chi connectivity index (χ4v) is 4.97. The minimum atomic E-state index is -0.727. The molecule has 1 N–H and O–H groups in total. The second kappa shape index (κ2) is 15.7. The molecule has 0 saturated heterocycles. The van der Waals surface area contributed by atoms with E-state index in [9.17, 15) is 14.4 Å². The third-order valence-corrected chi connectivity index (χ3v) is 7.21. The molecule has 0 heterocycles. The first-order valence-corrected chi connectivity index (χ1v) is 14.9. The van der Waals surface area contributed by atoms with Gasteiger partial charge in [-0.05, 0) is 53.9 Å². The molecule has 0 radical (unpaired) electrons. The average Bonchev–Trinajstić information content (AvgIpc) is 3.03. The van der Waals surface area contributed by atoms with Crippen LogP contribution in [0.4, 0.5) is 11.4 Å². The summed E-state index contributed by atoms with van der Waals surface area (Å²) in [5, 5.41) is 3.79. The number of nitrogens with one attached hydrogen (secondary N) is 1. The van der Waals surface area contributed by atoms with Crippen LogP contribution in [0, 0.1) is 5.92 Å². The molecule has 4 rings (SSSR count). The maximum Gasteiger partial charge on any atom is 0.328 e. The van der Waals surface area contributed by atoms with Crippen LogP contribution in [0.5, 0.6) is 5.75 Å². The molecule has 4 aromatic carbocycles. The summed E-state index contributed by atoms with van der Waals surface area (Å²) in [6.07, 6.45) is 0.745. The van der Waals surface area contributed by atoms with Crippen molar-refractivity contribution >= 4 is 40.6 Å². The average molecular weight is 613 g/mol. The highest BCUT2D eigenvalue weighted by molar-refractivity contribution is 6.30. The van der Waals surface area contributed by atoms with Crippen LogP contribution in [-0.2, 0) is 20.7 Å². The molecule has 1 amide bonds. The van der Waals surface area contributed by atoms with Gasteiger partial charge in [-0.2, -0.15) is 0 Å². The van der Waals surface area contributed by atoms with Crippen molar-refractivity contribution in [2.75, 3.05) is 30.5 Å². The van der Waals surface area contributed by atoms with Crippen molar-refractivity contribution in [3.8, 4) is 5.75 Å². The van der Waals surface area contributed by atoms with Gasteiger partial charge in [-0.3, -0.25) is 9.59 Å². The van der Waals surface area contributed by atoms with Gasteiger partial charge in [0.25, 0.3) is 0 Å². The molecule has 228 valence electrons. The molecule has 0 aliphatic carbocycles. The van der Waals surface area contributed by atoms with E-state index in [-0.39, 0.29) is 24.2 Å². The highest BCUT2D eigenvalue weighted by atomic mass is 35.5. The van der Waals surface area contributed by atoms with Crippen LogP contribution in [0.2, 0.25) is 5.02 Å². The first-order chi connectivity index (χ1) is 21.2. The Morgan fingerprint density at radius 2 is 1.57 bits per heavy atom. The Labute approximate surface area is 263 Å². The number of nitrogens with zero attached hydrogens (tertiary/aromatic N) is 1. The van der Waals surface area contributed by atoms with Crippen LogP contribution in [0.3, 0.4) is 0 Å². The number of hydrogen-bond acceptors (Lipinski definition) is 6. The maximum absolute atomic E-state index is 13.2. The van der Waals surface area contributed by atoms with Crippen molar-refractivity contribution in [2.45, 2.75) is 32.7 Å². The number of carbonyl (C=O) groups excluding carboxylic acids is 3. The summed E-state index contributed by atoms with van der Waals surface area (Å²) in [6.45, 7) is 4.67. The van der Waals surface area contributed by atoms with E-state index < -0.39 is 12.0 Å². The van der Waals surface area contributed by atoms with E-state index in [1.165, 1.54) is 7.11 Å². The van der Waals surface area contributed by atoms with Crippen LogP contribution in [0.15, 0.2) is 103 Å². The fourth-order valence-electron chi connectivity index (χ4n) is 4.79. The number of para-hydroxylation sites is 1. The Kier molecular flexibility index (Phi) is 11.5. The molecule has 44 heavy (non-hydrogen) atoms. The summed E-state index contributed by atoms with van der Waals surface area (Å²) in [5.74, 6) is 0.281. The number of amides is 1. The van der Waals surface area contributed by atoms with E-state index >= 15 is 0 Å². The number of methoxy groups -OCH3 is 1. The lowest BCUT2D eigenvalue weighted by molar-refractivity contribution is -0.141. The SMILES string of the molecule is COC(=O)C(Cc1ccc(OCCN(C(=O)CC(C)C)c2cccc(Cl)c2)cc1)Nc1ccccc1C(=O)c1ccccc1. The van der Waals surface area contributed by atoms with Crippen molar-refractivity contribution in [1.82, 2.24) is 0 Å². The second-order valence-corrected chi connectivity index (χ2v) is 11.2. The first-order valence-electron chi connectivity index (χ1n) is 14.6. The lowest BCUT2D eigenvalue weighted by Crippen LogP contribution is -2.35. The highest BCUT2D eigenvalue weighted by Gasteiger charge is 2.23. The summed E-state index contributed by atoms with van der Waals surface area (Å²) in [4.78, 5) is 40.6. The summed E-state index contributed by atoms with van der Waals surface area (Å²) < 4.78 is 11.1. The maximum atomic E-state index is 13.2. The lowest BCUT2D eigenvalue weighted by Gasteiger charge is -2.24. The van der Waals surface area contributed by atoms with Crippen LogP contribution >= 0.6 is 11.6 Å². The number of hydrogen-bond donors (Lipinski definition) is 1. The molecule has 1 unspecified atom stereocenters. The van der Waals surface area contributed by atoms with Crippen molar-refractivity contribution in [3.63, 3.8) is 0 Å². The van der Waals surface area contributed by atoms with Crippen molar-refractivity contribution in [3.05, 3.63) is 125 Å². The summed E-state index contributed by atoms with van der Waals surface area (Å²) >= 11 is 6.18. The number of ether oxygens (including phenoxy) is 2. The fraction of sp³-hybridized carbons (Fsp3) is 0.250. The third-order valence-electron chi connectivity index (χ3n) is 6.97. The van der Waals surface area contributed by atoms with Crippen LogP contribution in [0.1, 0.15) is 41.8 Å². The molecule has 8 heteroatoms. The van der Waals surface area contributed by atoms with E-state index in [2.05, 4.69) is 5.32 Å². The van der Waals surface area contributed by atoms with Crippen LogP contribution in [-0.4, -0.2) is 44.0 Å². The predicted octanol–water partition coefficient (Wildman–Crippen LogP) is 7.23. The largest absolute Gasteiger partial charge is 0.492 e. The Balaban J connectivity index is 1.41. The van der Waals surface area contributed by atoms with Gasteiger partial charge in [0.15, 0.2) is 5.78 Å². The van der Waals surface area contributed by atoms with Gasteiger partial charge in [0.1, 0.15) is 18.4 Å². The van der Waals surface area contributed by atoms with Gasteiger partial charge in [-0.1, -0.05) is 86.1 Å². The number of anilines is 2. The van der Waals surface area contributed by atoms with Gasteiger partial charge in [-0.25, -0.2) is 4.79 Å².